The zero-order chi connectivity index (χ0) is 16.8. The van der Waals surface area contributed by atoms with Gasteiger partial charge in [-0.15, -0.1) is 0 Å². The van der Waals surface area contributed by atoms with Crippen LogP contribution >= 0.6 is 0 Å². The molecule has 1 aromatic heterocycles. The smallest absolute Gasteiger partial charge is 0.291 e. The first kappa shape index (κ1) is 15.5. The summed E-state index contributed by atoms with van der Waals surface area (Å²) >= 11 is 0. The van der Waals surface area contributed by atoms with Crippen LogP contribution in [0.5, 0.6) is 0 Å². The molecule has 0 saturated carbocycles. The summed E-state index contributed by atoms with van der Waals surface area (Å²) < 4.78 is 18.6. The molecule has 0 spiro atoms. The number of carbonyl (C=O) groups is 2. The molecule has 120 valence electrons. The van der Waals surface area contributed by atoms with Gasteiger partial charge in [0.15, 0.2) is 11.5 Å². The Balaban J connectivity index is 1.91. The van der Waals surface area contributed by atoms with E-state index in [4.69, 9.17) is 4.42 Å². The topological polar surface area (TPSA) is 59.3 Å². The van der Waals surface area contributed by atoms with E-state index in [1.54, 1.807) is 6.92 Å². The van der Waals surface area contributed by atoms with Crippen molar-refractivity contribution in [1.29, 1.82) is 0 Å². The van der Waals surface area contributed by atoms with Gasteiger partial charge in [-0.1, -0.05) is 13.8 Å². The SMILES string of the molecule is Cc1c(C(=O)Nc2ccc(F)cc2)oc2c1C(=O)CC(C)(C)C2. The summed E-state index contributed by atoms with van der Waals surface area (Å²) in [7, 11) is 0. The number of anilines is 1. The van der Waals surface area contributed by atoms with Crippen LogP contribution in [0.1, 0.15) is 52.5 Å². The molecular formula is C18H18FNO3. The van der Waals surface area contributed by atoms with E-state index in [2.05, 4.69) is 5.32 Å². The van der Waals surface area contributed by atoms with Gasteiger partial charge in [0, 0.05) is 24.1 Å². The second-order valence-corrected chi connectivity index (χ2v) is 6.76. The van der Waals surface area contributed by atoms with Crippen LogP contribution in [-0.4, -0.2) is 11.7 Å². The Bertz CT molecular complexity index is 787. The Morgan fingerprint density at radius 1 is 1.22 bits per heavy atom. The first-order valence-corrected chi connectivity index (χ1v) is 7.49. The average Bonchev–Trinajstić information content (AvgIpc) is 2.77. The standard InChI is InChI=1S/C18H18FNO3/c1-10-15-13(21)8-18(2,3)9-14(15)23-16(10)17(22)20-12-6-4-11(19)5-7-12/h4-7H,8-9H2,1-3H3,(H,20,22). The number of halogens is 1. The van der Waals surface area contributed by atoms with E-state index in [9.17, 15) is 14.0 Å². The first-order valence-electron chi connectivity index (χ1n) is 7.49. The van der Waals surface area contributed by atoms with E-state index in [1.165, 1.54) is 24.3 Å². The zero-order valence-electron chi connectivity index (χ0n) is 13.3. The summed E-state index contributed by atoms with van der Waals surface area (Å²) in [5, 5.41) is 2.66. The lowest BCUT2D eigenvalue weighted by molar-refractivity contribution is 0.0898. The van der Waals surface area contributed by atoms with Crippen molar-refractivity contribution in [2.24, 2.45) is 5.41 Å². The third-order valence-electron chi connectivity index (χ3n) is 4.09. The van der Waals surface area contributed by atoms with Gasteiger partial charge in [-0.2, -0.15) is 0 Å². The number of carbonyl (C=O) groups excluding carboxylic acids is 2. The number of benzene rings is 1. The Morgan fingerprint density at radius 3 is 2.52 bits per heavy atom. The Hall–Kier alpha value is -2.43. The molecule has 1 aromatic carbocycles. The fraction of sp³-hybridized carbons (Fsp3) is 0.333. The van der Waals surface area contributed by atoms with Crippen LogP contribution in [0.4, 0.5) is 10.1 Å². The largest absolute Gasteiger partial charge is 0.455 e. The molecule has 3 rings (SSSR count). The molecule has 23 heavy (non-hydrogen) atoms. The molecule has 1 amide bonds. The van der Waals surface area contributed by atoms with Crippen LogP contribution in [0.15, 0.2) is 28.7 Å². The number of ketones is 1. The van der Waals surface area contributed by atoms with Crippen LogP contribution in [0, 0.1) is 18.2 Å². The highest BCUT2D eigenvalue weighted by molar-refractivity contribution is 6.07. The minimum Gasteiger partial charge on any atom is -0.455 e. The fourth-order valence-electron chi connectivity index (χ4n) is 3.02. The molecule has 1 heterocycles. The Morgan fingerprint density at radius 2 is 1.87 bits per heavy atom. The molecule has 1 aliphatic rings. The van der Waals surface area contributed by atoms with Gasteiger partial charge in [0.2, 0.25) is 0 Å². The molecule has 0 fully saturated rings. The Labute approximate surface area is 133 Å². The number of rotatable bonds is 2. The van der Waals surface area contributed by atoms with Crippen molar-refractivity contribution >= 4 is 17.4 Å². The molecule has 4 nitrogen and oxygen atoms in total. The second kappa shape index (κ2) is 5.33. The molecule has 0 bridgehead atoms. The van der Waals surface area contributed by atoms with E-state index in [0.717, 1.165) is 0 Å². The number of furan rings is 1. The number of nitrogens with one attached hydrogen (secondary N) is 1. The second-order valence-electron chi connectivity index (χ2n) is 6.76. The van der Waals surface area contributed by atoms with Crippen LogP contribution in [-0.2, 0) is 6.42 Å². The lowest BCUT2D eigenvalue weighted by Gasteiger charge is -2.27. The monoisotopic (exact) mass is 315 g/mol. The van der Waals surface area contributed by atoms with Crippen LogP contribution < -0.4 is 5.32 Å². The molecule has 1 aliphatic carbocycles. The summed E-state index contributed by atoms with van der Waals surface area (Å²) in [6, 6.07) is 5.47. The molecule has 5 heteroatoms. The van der Waals surface area contributed by atoms with Gasteiger partial charge in [0.1, 0.15) is 11.6 Å². The third kappa shape index (κ3) is 2.91. The van der Waals surface area contributed by atoms with Crippen molar-refractivity contribution in [2.75, 3.05) is 5.32 Å². The summed E-state index contributed by atoms with van der Waals surface area (Å²) in [4.78, 5) is 24.7. The van der Waals surface area contributed by atoms with Gasteiger partial charge in [-0.3, -0.25) is 9.59 Å². The number of hydrogen-bond acceptors (Lipinski definition) is 3. The predicted molar refractivity (Wildman–Crippen MR) is 84.2 cm³/mol. The van der Waals surface area contributed by atoms with Crippen LogP contribution in [0.25, 0.3) is 0 Å². The van der Waals surface area contributed by atoms with Crippen LogP contribution in [0.3, 0.4) is 0 Å². The highest BCUT2D eigenvalue weighted by Gasteiger charge is 2.37. The molecule has 0 atom stereocenters. The number of Topliss-reactive ketones (excluding diaryl/α,β-unsaturated/α-hetero) is 1. The van der Waals surface area contributed by atoms with Gasteiger partial charge >= 0.3 is 0 Å². The quantitative estimate of drug-likeness (QED) is 0.906. The van der Waals surface area contributed by atoms with Crippen molar-refractivity contribution in [1.82, 2.24) is 0 Å². The van der Waals surface area contributed by atoms with Gasteiger partial charge in [-0.05, 0) is 36.6 Å². The van der Waals surface area contributed by atoms with E-state index >= 15 is 0 Å². The van der Waals surface area contributed by atoms with Crippen molar-refractivity contribution in [3.05, 3.63) is 52.7 Å². The Kier molecular flexibility index (Phi) is 3.59. The maximum atomic E-state index is 12.9. The average molecular weight is 315 g/mol. The molecule has 1 N–H and O–H groups in total. The molecular weight excluding hydrogens is 297 g/mol. The molecule has 0 saturated heterocycles. The van der Waals surface area contributed by atoms with Crippen molar-refractivity contribution < 1.29 is 18.4 Å². The normalized spacial score (nSPS) is 16.1. The summed E-state index contributed by atoms with van der Waals surface area (Å²) in [5.74, 6) is -0.0775. The lowest BCUT2D eigenvalue weighted by atomic mass is 9.76. The molecule has 2 aromatic rings. The van der Waals surface area contributed by atoms with Crippen molar-refractivity contribution in [3.63, 3.8) is 0 Å². The summed E-state index contributed by atoms with van der Waals surface area (Å²) in [5.41, 5.74) is 1.41. The minimum atomic E-state index is -0.436. The van der Waals surface area contributed by atoms with Gasteiger partial charge in [0.05, 0.1) is 5.56 Å². The molecule has 0 unspecified atom stereocenters. The lowest BCUT2D eigenvalue weighted by Crippen LogP contribution is -2.26. The van der Waals surface area contributed by atoms with Gasteiger partial charge in [0.25, 0.3) is 5.91 Å². The van der Waals surface area contributed by atoms with Gasteiger partial charge in [-0.25, -0.2) is 4.39 Å². The van der Waals surface area contributed by atoms with E-state index in [1.807, 2.05) is 13.8 Å². The van der Waals surface area contributed by atoms with E-state index in [-0.39, 0.29) is 22.8 Å². The highest BCUT2D eigenvalue weighted by Crippen LogP contribution is 2.38. The highest BCUT2D eigenvalue weighted by atomic mass is 19.1. The molecule has 0 radical (unpaired) electrons. The fourth-order valence-corrected chi connectivity index (χ4v) is 3.02. The van der Waals surface area contributed by atoms with Crippen LogP contribution in [0.2, 0.25) is 0 Å². The predicted octanol–water partition coefficient (Wildman–Crippen LogP) is 4.13. The maximum Gasteiger partial charge on any atom is 0.291 e. The van der Waals surface area contributed by atoms with Crippen molar-refractivity contribution in [2.45, 2.75) is 33.6 Å². The summed E-state index contributed by atoms with van der Waals surface area (Å²) in [6.07, 6.45) is 1.07. The maximum absolute atomic E-state index is 12.9. The number of fused-ring (bicyclic) bond motifs is 1. The minimum absolute atomic E-state index is 0.0123. The third-order valence-corrected chi connectivity index (χ3v) is 4.09. The number of amides is 1. The molecule has 0 aliphatic heterocycles. The zero-order valence-corrected chi connectivity index (χ0v) is 13.3. The van der Waals surface area contributed by atoms with Crippen molar-refractivity contribution in [3.8, 4) is 0 Å². The van der Waals surface area contributed by atoms with E-state index in [0.29, 0.717) is 35.4 Å². The first-order chi connectivity index (χ1) is 10.8. The van der Waals surface area contributed by atoms with Gasteiger partial charge < -0.3 is 9.73 Å². The number of hydrogen-bond donors (Lipinski definition) is 1. The van der Waals surface area contributed by atoms with E-state index < -0.39 is 5.91 Å². The summed E-state index contributed by atoms with van der Waals surface area (Å²) in [6.45, 7) is 5.73.